The number of amides is 1. The molecule has 2 aromatic carbocycles. The number of nitrogens with zero attached hydrogens (tertiary/aromatic N) is 1. The minimum absolute atomic E-state index is 0.172. The Hall–Kier alpha value is -3.54. The van der Waals surface area contributed by atoms with E-state index in [4.69, 9.17) is 14.2 Å². The summed E-state index contributed by atoms with van der Waals surface area (Å²) in [6.45, 7) is 2.31. The Morgan fingerprint density at radius 3 is 2.64 bits per heavy atom. The first-order valence-electron chi connectivity index (χ1n) is 8.85. The average Bonchev–Trinajstić information content (AvgIpc) is 3.27. The van der Waals surface area contributed by atoms with Crippen LogP contribution in [0.3, 0.4) is 0 Å². The number of carbonyl (C=O) groups excluding carboxylic acids is 2. The maximum absolute atomic E-state index is 13.1. The first-order valence-corrected chi connectivity index (χ1v) is 8.85. The fourth-order valence-corrected chi connectivity index (χ4v) is 3.35. The van der Waals surface area contributed by atoms with Crippen molar-refractivity contribution in [3.05, 3.63) is 76.5 Å². The number of hydrogen-bond donors (Lipinski definition) is 0. The first-order chi connectivity index (χ1) is 13.6. The molecule has 2 aliphatic rings. The SMILES string of the molecule is COC(=O)C1=C(C)N(Cc2ccccc2)C(=O)C1=Cc1ccc2c(c1)OCO2. The summed E-state index contributed by atoms with van der Waals surface area (Å²) in [5, 5.41) is 0. The second-order valence-corrected chi connectivity index (χ2v) is 6.50. The molecule has 2 aliphatic heterocycles. The van der Waals surface area contributed by atoms with Gasteiger partial charge < -0.3 is 19.1 Å². The van der Waals surface area contributed by atoms with Crippen LogP contribution in [0.15, 0.2) is 65.4 Å². The minimum atomic E-state index is -0.534. The molecule has 0 saturated carbocycles. The number of fused-ring (bicyclic) bond motifs is 1. The summed E-state index contributed by atoms with van der Waals surface area (Å²) in [6.07, 6.45) is 1.69. The van der Waals surface area contributed by atoms with Crippen molar-refractivity contribution in [3.8, 4) is 11.5 Å². The van der Waals surface area contributed by atoms with Crippen LogP contribution < -0.4 is 9.47 Å². The first kappa shape index (κ1) is 17.9. The lowest BCUT2D eigenvalue weighted by molar-refractivity contribution is -0.136. The van der Waals surface area contributed by atoms with Crippen LogP contribution in [-0.4, -0.2) is 30.7 Å². The molecule has 0 atom stereocenters. The number of benzene rings is 2. The maximum Gasteiger partial charge on any atom is 0.340 e. The van der Waals surface area contributed by atoms with E-state index in [1.807, 2.05) is 36.4 Å². The summed E-state index contributed by atoms with van der Waals surface area (Å²) in [7, 11) is 1.31. The molecule has 4 rings (SSSR count). The van der Waals surface area contributed by atoms with Gasteiger partial charge in [0, 0.05) is 5.70 Å². The van der Waals surface area contributed by atoms with Gasteiger partial charge in [-0.2, -0.15) is 0 Å². The molecule has 6 nitrogen and oxygen atoms in total. The van der Waals surface area contributed by atoms with E-state index in [0.717, 1.165) is 11.1 Å². The van der Waals surface area contributed by atoms with Gasteiger partial charge in [0.1, 0.15) is 0 Å². The van der Waals surface area contributed by atoms with Gasteiger partial charge >= 0.3 is 5.97 Å². The molecule has 0 aromatic heterocycles. The number of esters is 1. The smallest absolute Gasteiger partial charge is 0.340 e. The van der Waals surface area contributed by atoms with Crippen LogP contribution in [0, 0.1) is 0 Å². The van der Waals surface area contributed by atoms with Crippen LogP contribution in [0.1, 0.15) is 18.1 Å². The van der Waals surface area contributed by atoms with Crippen molar-refractivity contribution in [1.29, 1.82) is 0 Å². The third kappa shape index (κ3) is 3.13. The van der Waals surface area contributed by atoms with E-state index in [1.165, 1.54) is 7.11 Å². The van der Waals surface area contributed by atoms with Crippen LogP contribution in [-0.2, 0) is 20.9 Å². The lowest BCUT2D eigenvalue weighted by atomic mass is 10.0. The Labute approximate surface area is 162 Å². The predicted octanol–water partition coefficient (Wildman–Crippen LogP) is 3.29. The average molecular weight is 377 g/mol. The molecule has 1 amide bonds. The van der Waals surface area contributed by atoms with E-state index in [0.29, 0.717) is 29.3 Å². The van der Waals surface area contributed by atoms with Crippen molar-refractivity contribution in [2.24, 2.45) is 0 Å². The summed E-state index contributed by atoms with van der Waals surface area (Å²) in [6, 6.07) is 15.0. The van der Waals surface area contributed by atoms with E-state index in [2.05, 4.69) is 0 Å². The number of allylic oxidation sites excluding steroid dienone is 1. The van der Waals surface area contributed by atoms with Gasteiger partial charge in [-0.05, 0) is 36.3 Å². The van der Waals surface area contributed by atoms with Gasteiger partial charge in [0.15, 0.2) is 11.5 Å². The summed E-state index contributed by atoms with van der Waals surface area (Å²) >= 11 is 0. The van der Waals surface area contributed by atoms with Crippen LogP contribution in [0.4, 0.5) is 0 Å². The molecule has 0 unspecified atom stereocenters. The summed E-state index contributed by atoms with van der Waals surface area (Å²) in [4.78, 5) is 27.2. The third-order valence-corrected chi connectivity index (χ3v) is 4.79. The molecule has 142 valence electrons. The topological polar surface area (TPSA) is 65.1 Å². The van der Waals surface area contributed by atoms with Crippen molar-refractivity contribution < 1.29 is 23.8 Å². The van der Waals surface area contributed by atoms with Crippen LogP contribution in [0.25, 0.3) is 6.08 Å². The molecular formula is C22H19NO5. The summed E-state index contributed by atoms with van der Waals surface area (Å²) in [5.74, 6) is 0.500. The number of ether oxygens (including phenoxy) is 3. The number of rotatable bonds is 4. The Balaban J connectivity index is 1.73. The fraction of sp³-hybridized carbons (Fsp3) is 0.182. The highest BCUT2D eigenvalue weighted by Gasteiger charge is 2.37. The normalized spacial score (nSPS) is 16.9. The zero-order valence-corrected chi connectivity index (χ0v) is 15.6. The van der Waals surface area contributed by atoms with Crippen molar-refractivity contribution in [2.75, 3.05) is 13.9 Å². The van der Waals surface area contributed by atoms with E-state index < -0.39 is 5.97 Å². The molecule has 2 heterocycles. The fourth-order valence-electron chi connectivity index (χ4n) is 3.35. The Morgan fingerprint density at radius 1 is 1.14 bits per heavy atom. The van der Waals surface area contributed by atoms with Gasteiger partial charge in [-0.25, -0.2) is 4.79 Å². The van der Waals surface area contributed by atoms with Gasteiger partial charge in [0.2, 0.25) is 6.79 Å². The molecule has 2 aromatic rings. The molecule has 0 N–H and O–H groups in total. The summed E-state index contributed by atoms with van der Waals surface area (Å²) in [5.41, 5.74) is 2.88. The standard InChI is InChI=1S/C22H19NO5/c1-14-20(22(25)26-2)17(10-16-8-9-18-19(11-16)28-13-27-18)21(24)23(14)12-15-6-4-3-5-7-15/h3-11H,12-13H2,1-2H3. The molecule has 0 fully saturated rings. The monoisotopic (exact) mass is 377 g/mol. The van der Waals surface area contributed by atoms with E-state index in [9.17, 15) is 9.59 Å². The maximum atomic E-state index is 13.1. The molecule has 6 heteroatoms. The predicted molar refractivity (Wildman–Crippen MR) is 102 cm³/mol. The van der Waals surface area contributed by atoms with E-state index >= 15 is 0 Å². The third-order valence-electron chi connectivity index (χ3n) is 4.79. The quantitative estimate of drug-likeness (QED) is 0.604. The van der Waals surface area contributed by atoms with Gasteiger partial charge in [-0.1, -0.05) is 36.4 Å². The molecule has 0 saturated heterocycles. The van der Waals surface area contributed by atoms with Crippen LogP contribution >= 0.6 is 0 Å². The Bertz CT molecular complexity index is 1010. The summed E-state index contributed by atoms with van der Waals surface area (Å²) < 4.78 is 15.6. The van der Waals surface area contributed by atoms with Crippen molar-refractivity contribution in [3.63, 3.8) is 0 Å². The molecule has 0 aliphatic carbocycles. The lowest BCUT2D eigenvalue weighted by Gasteiger charge is -2.17. The highest BCUT2D eigenvalue weighted by Crippen LogP contribution is 2.36. The van der Waals surface area contributed by atoms with Crippen LogP contribution in [0.5, 0.6) is 11.5 Å². The Morgan fingerprint density at radius 2 is 1.89 bits per heavy atom. The zero-order valence-electron chi connectivity index (χ0n) is 15.6. The Kier molecular flexibility index (Phi) is 4.61. The van der Waals surface area contributed by atoms with Crippen molar-refractivity contribution in [1.82, 2.24) is 4.90 Å². The molecule has 0 radical (unpaired) electrons. The molecule has 0 bridgehead atoms. The van der Waals surface area contributed by atoms with Gasteiger partial charge in [-0.15, -0.1) is 0 Å². The van der Waals surface area contributed by atoms with Crippen molar-refractivity contribution in [2.45, 2.75) is 13.5 Å². The highest BCUT2D eigenvalue weighted by atomic mass is 16.7. The van der Waals surface area contributed by atoms with Crippen molar-refractivity contribution >= 4 is 18.0 Å². The lowest BCUT2D eigenvalue weighted by Crippen LogP contribution is -2.24. The zero-order chi connectivity index (χ0) is 19.7. The second-order valence-electron chi connectivity index (χ2n) is 6.50. The number of methoxy groups -OCH3 is 1. The second kappa shape index (κ2) is 7.23. The minimum Gasteiger partial charge on any atom is -0.465 e. The molecule has 0 spiro atoms. The van der Waals surface area contributed by atoms with Gasteiger partial charge in [0.05, 0.1) is 24.8 Å². The van der Waals surface area contributed by atoms with Gasteiger partial charge in [0.25, 0.3) is 5.91 Å². The number of carbonyl (C=O) groups is 2. The number of hydrogen-bond acceptors (Lipinski definition) is 5. The van der Waals surface area contributed by atoms with Gasteiger partial charge in [-0.3, -0.25) is 4.79 Å². The van der Waals surface area contributed by atoms with E-state index in [1.54, 1.807) is 30.0 Å². The van der Waals surface area contributed by atoms with Crippen LogP contribution in [0.2, 0.25) is 0 Å². The molecule has 28 heavy (non-hydrogen) atoms. The highest BCUT2D eigenvalue weighted by molar-refractivity contribution is 6.16. The van der Waals surface area contributed by atoms with E-state index in [-0.39, 0.29) is 18.3 Å². The molecular weight excluding hydrogens is 358 g/mol. The largest absolute Gasteiger partial charge is 0.465 e.